The molecule has 1 N–H and O–H groups in total. The van der Waals surface area contributed by atoms with Crippen LogP contribution < -0.4 is 10.1 Å². The van der Waals surface area contributed by atoms with E-state index in [4.69, 9.17) is 4.74 Å². The number of hydrogen-bond donors (Lipinski definition) is 1. The van der Waals surface area contributed by atoms with Crippen LogP contribution in [0, 0.1) is 5.41 Å². The zero-order valence-electron chi connectivity index (χ0n) is 13.1. The summed E-state index contributed by atoms with van der Waals surface area (Å²) >= 11 is 0. The highest BCUT2D eigenvalue weighted by Gasteiger charge is 2.51. The number of hydrogen-bond acceptors (Lipinski definition) is 3. The van der Waals surface area contributed by atoms with Crippen molar-refractivity contribution in [2.75, 3.05) is 6.54 Å². The zero-order valence-corrected chi connectivity index (χ0v) is 13.1. The molecule has 0 saturated heterocycles. The molecule has 1 heterocycles. The topological polar surface area (TPSA) is 34.1 Å². The molecular formula is C18H24N2O. The van der Waals surface area contributed by atoms with E-state index < -0.39 is 0 Å². The average molecular weight is 284 g/mol. The Morgan fingerprint density at radius 3 is 2.95 bits per heavy atom. The molecule has 1 aliphatic rings. The van der Waals surface area contributed by atoms with Crippen molar-refractivity contribution in [1.82, 2.24) is 10.3 Å². The van der Waals surface area contributed by atoms with Gasteiger partial charge in [-0.05, 0) is 31.2 Å². The van der Waals surface area contributed by atoms with Crippen LogP contribution in [0.2, 0.25) is 0 Å². The molecule has 0 spiro atoms. The van der Waals surface area contributed by atoms with E-state index in [1.54, 1.807) is 0 Å². The number of aromatic nitrogens is 1. The maximum absolute atomic E-state index is 6.26. The molecule has 21 heavy (non-hydrogen) atoms. The molecule has 1 aromatic carbocycles. The number of rotatable bonds is 5. The Hall–Kier alpha value is -1.61. The quantitative estimate of drug-likeness (QED) is 0.907. The van der Waals surface area contributed by atoms with Gasteiger partial charge in [-0.2, -0.15) is 0 Å². The third kappa shape index (κ3) is 2.51. The van der Waals surface area contributed by atoms with E-state index in [0.29, 0.717) is 6.04 Å². The number of benzene rings is 1. The number of ether oxygens (including phenoxy) is 1. The molecule has 3 heteroatoms. The Bertz CT molecular complexity index is 627. The molecule has 1 aliphatic carbocycles. The van der Waals surface area contributed by atoms with Crippen LogP contribution in [0.5, 0.6) is 5.75 Å². The van der Waals surface area contributed by atoms with E-state index in [2.05, 4.69) is 49.3 Å². The summed E-state index contributed by atoms with van der Waals surface area (Å²) in [5.41, 5.74) is 1.21. The molecular weight excluding hydrogens is 260 g/mol. The van der Waals surface area contributed by atoms with Gasteiger partial charge in [-0.3, -0.25) is 4.98 Å². The molecule has 112 valence electrons. The van der Waals surface area contributed by atoms with Gasteiger partial charge in [-0.1, -0.05) is 26.8 Å². The molecule has 1 fully saturated rings. The van der Waals surface area contributed by atoms with Gasteiger partial charge in [0, 0.05) is 35.5 Å². The molecule has 2 aromatic rings. The highest BCUT2D eigenvalue weighted by Crippen LogP contribution is 2.46. The summed E-state index contributed by atoms with van der Waals surface area (Å²) in [6.07, 6.45) is 4.32. The Kier molecular flexibility index (Phi) is 3.85. The molecule has 0 bridgehead atoms. The van der Waals surface area contributed by atoms with Crippen molar-refractivity contribution in [1.29, 1.82) is 0 Å². The second-order valence-corrected chi connectivity index (χ2v) is 6.17. The lowest BCUT2D eigenvalue weighted by Crippen LogP contribution is -2.63. The van der Waals surface area contributed by atoms with Gasteiger partial charge in [0.15, 0.2) is 0 Å². The van der Waals surface area contributed by atoms with E-state index in [1.807, 2.05) is 18.3 Å². The van der Waals surface area contributed by atoms with Crippen molar-refractivity contribution < 1.29 is 4.74 Å². The van der Waals surface area contributed by atoms with Crippen LogP contribution in [-0.2, 0) is 0 Å². The number of fused-ring (bicyclic) bond motifs is 1. The smallest absolute Gasteiger partial charge is 0.121 e. The van der Waals surface area contributed by atoms with Gasteiger partial charge in [-0.25, -0.2) is 0 Å². The first-order chi connectivity index (χ1) is 10.2. The largest absolute Gasteiger partial charge is 0.490 e. The fraction of sp³-hybridized carbons (Fsp3) is 0.500. The van der Waals surface area contributed by atoms with Crippen molar-refractivity contribution in [2.24, 2.45) is 5.41 Å². The van der Waals surface area contributed by atoms with Gasteiger partial charge < -0.3 is 10.1 Å². The SMILES string of the molecule is CCNC1CC(Oc2ccc3cccnc3c2)C1(C)CC. The van der Waals surface area contributed by atoms with Gasteiger partial charge in [0.1, 0.15) is 11.9 Å². The normalized spacial score (nSPS) is 28.3. The summed E-state index contributed by atoms with van der Waals surface area (Å²) in [5.74, 6) is 0.931. The van der Waals surface area contributed by atoms with Gasteiger partial charge in [-0.15, -0.1) is 0 Å². The fourth-order valence-electron chi connectivity index (χ4n) is 3.32. The van der Waals surface area contributed by atoms with Crippen molar-refractivity contribution >= 4 is 10.9 Å². The third-order valence-corrected chi connectivity index (χ3v) is 5.05. The van der Waals surface area contributed by atoms with Crippen LogP contribution in [0.1, 0.15) is 33.6 Å². The Morgan fingerprint density at radius 1 is 1.33 bits per heavy atom. The predicted molar refractivity (Wildman–Crippen MR) is 86.6 cm³/mol. The van der Waals surface area contributed by atoms with Gasteiger partial charge in [0.05, 0.1) is 5.52 Å². The fourth-order valence-corrected chi connectivity index (χ4v) is 3.32. The second-order valence-electron chi connectivity index (χ2n) is 6.17. The van der Waals surface area contributed by atoms with Gasteiger partial charge in [0.2, 0.25) is 0 Å². The minimum absolute atomic E-state index is 0.217. The van der Waals surface area contributed by atoms with Crippen LogP contribution in [-0.4, -0.2) is 23.7 Å². The minimum atomic E-state index is 0.217. The van der Waals surface area contributed by atoms with Crippen molar-refractivity contribution in [3.63, 3.8) is 0 Å². The highest BCUT2D eigenvalue weighted by molar-refractivity contribution is 5.79. The van der Waals surface area contributed by atoms with Crippen molar-refractivity contribution in [3.8, 4) is 5.75 Å². The van der Waals surface area contributed by atoms with Gasteiger partial charge >= 0.3 is 0 Å². The summed E-state index contributed by atoms with van der Waals surface area (Å²) in [7, 11) is 0. The Labute approximate surface area is 126 Å². The summed E-state index contributed by atoms with van der Waals surface area (Å²) in [6, 6.07) is 10.8. The molecule has 3 unspecified atom stereocenters. The molecule has 3 rings (SSSR count). The molecule has 1 saturated carbocycles. The molecule has 0 amide bonds. The third-order valence-electron chi connectivity index (χ3n) is 5.05. The summed E-state index contributed by atoms with van der Waals surface area (Å²) in [5, 5.41) is 4.73. The van der Waals surface area contributed by atoms with Crippen LogP contribution in [0.4, 0.5) is 0 Å². The first kappa shape index (κ1) is 14.3. The number of pyridine rings is 1. The maximum Gasteiger partial charge on any atom is 0.121 e. The molecule has 0 aliphatic heterocycles. The lowest BCUT2D eigenvalue weighted by molar-refractivity contribution is -0.0696. The lowest BCUT2D eigenvalue weighted by atomic mass is 9.61. The number of nitrogens with one attached hydrogen (secondary N) is 1. The van der Waals surface area contributed by atoms with Crippen molar-refractivity contribution in [3.05, 3.63) is 36.5 Å². The van der Waals surface area contributed by atoms with Crippen LogP contribution >= 0.6 is 0 Å². The predicted octanol–water partition coefficient (Wildman–Crippen LogP) is 3.78. The summed E-state index contributed by atoms with van der Waals surface area (Å²) in [4.78, 5) is 4.40. The molecule has 1 aromatic heterocycles. The van der Waals surface area contributed by atoms with Gasteiger partial charge in [0.25, 0.3) is 0 Å². The first-order valence-electron chi connectivity index (χ1n) is 7.92. The first-order valence-corrected chi connectivity index (χ1v) is 7.92. The van der Waals surface area contributed by atoms with E-state index in [9.17, 15) is 0 Å². The van der Waals surface area contributed by atoms with E-state index in [-0.39, 0.29) is 11.5 Å². The van der Waals surface area contributed by atoms with Crippen LogP contribution in [0.3, 0.4) is 0 Å². The van der Waals surface area contributed by atoms with Crippen LogP contribution in [0.25, 0.3) is 10.9 Å². The zero-order chi connectivity index (χ0) is 14.9. The minimum Gasteiger partial charge on any atom is -0.490 e. The van der Waals surface area contributed by atoms with E-state index in [1.165, 1.54) is 0 Å². The molecule has 0 radical (unpaired) electrons. The molecule has 3 nitrogen and oxygen atoms in total. The molecule has 3 atom stereocenters. The second kappa shape index (κ2) is 5.64. The number of nitrogens with zero attached hydrogens (tertiary/aromatic N) is 1. The maximum atomic E-state index is 6.26. The highest BCUT2D eigenvalue weighted by atomic mass is 16.5. The van der Waals surface area contributed by atoms with Crippen LogP contribution in [0.15, 0.2) is 36.5 Å². The Morgan fingerprint density at radius 2 is 2.19 bits per heavy atom. The Balaban J connectivity index is 1.76. The lowest BCUT2D eigenvalue weighted by Gasteiger charge is -2.53. The monoisotopic (exact) mass is 284 g/mol. The van der Waals surface area contributed by atoms with E-state index >= 15 is 0 Å². The van der Waals surface area contributed by atoms with Crippen molar-refractivity contribution in [2.45, 2.75) is 45.8 Å². The summed E-state index contributed by atoms with van der Waals surface area (Å²) in [6.45, 7) is 7.77. The summed E-state index contributed by atoms with van der Waals surface area (Å²) < 4.78 is 6.26. The average Bonchev–Trinajstić information content (AvgIpc) is 2.53. The standard InChI is InChI=1S/C18H24N2O/c1-4-18(3)16(19-5-2)12-17(18)21-14-9-8-13-7-6-10-20-15(13)11-14/h6-11,16-17,19H,4-5,12H2,1-3H3. The van der Waals surface area contributed by atoms with E-state index in [0.717, 1.165) is 36.0 Å².